The maximum absolute atomic E-state index is 11.5. The van der Waals surface area contributed by atoms with E-state index >= 15 is 0 Å². The molecule has 1 saturated heterocycles. The van der Waals surface area contributed by atoms with E-state index < -0.39 is 16.1 Å². The standard InChI is InChI=1S/C8H17NO3S/c1-7(8(2)10)9-5-3-4-6-13(9,11)12/h7-8,10H,3-6H2,1-2H3. The van der Waals surface area contributed by atoms with Crippen LogP contribution in [0, 0.1) is 0 Å². The second-order valence-corrected chi connectivity index (χ2v) is 5.66. The Morgan fingerprint density at radius 3 is 2.38 bits per heavy atom. The molecule has 1 heterocycles. The Bertz CT molecular complexity index is 261. The molecule has 1 fully saturated rings. The third-order valence-corrected chi connectivity index (χ3v) is 4.57. The van der Waals surface area contributed by atoms with E-state index in [1.165, 1.54) is 4.31 Å². The third-order valence-electron chi connectivity index (χ3n) is 2.54. The van der Waals surface area contributed by atoms with Crippen molar-refractivity contribution in [3.05, 3.63) is 0 Å². The number of nitrogens with zero attached hydrogens (tertiary/aromatic N) is 1. The molecule has 0 bridgehead atoms. The molecule has 13 heavy (non-hydrogen) atoms. The summed E-state index contributed by atoms with van der Waals surface area (Å²) in [6, 6.07) is -0.301. The molecule has 0 aromatic heterocycles. The van der Waals surface area contributed by atoms with Crippen molar-refractivity contribution in [1.29, 1.82) is 0 Å². The highest BCUT2D eigenvalue weighted by Crippen LogP contribution is 2.18. The fourth-order valence-corrected chi connectivity index (χ4v) is 3.40. The minimum atomic E-state index is -3.09. The van der Waals surface area contributed by atoms with Crippen molar-refractivity contribution in [3.8, 4) is 0 Å². The van der Waals surface area contributed by atoms with Gasteiger partial charge in [0.25, 0.3) is 0 Å². The highest BCUT2D eigenvalue weighted by Gasteiger charge is 2.31. The van der Waals surface area contributed by atoms with Crippen LogP contribution < -0.4 is 0 Å². The van der Waals surface area contributed by atoms with Crippen LogP contribution in [0.5, 0.6) is 0 Å². The molecule has 0 saturated carbocycles. The second kappa shape index (κ2) is 3.94. The van der Waals surface area contributed by atoms with Gasteiger partial charge in [0.15, 0.2) is 0 Å². The van der Waals surface area contributed by atoms with Gasteiger partial charge < -0.3 is 5.11 Å². The van der Waals surface area contributed by atoms with E-state index in [1.807, 2.05) is 0 Å². The molecule has 1 N–H and O–H groups in total. The summed E-state index contributed by atoms with van der Waals surface area (Å²) in [6.45, 7) is 3.91. The molecule has 1 aliphatic rings. The molecular formula is C8H17NO3S. The summed E-state index contributed by atoms with van der Waals surface area (Å²) in [6.07, 6.45) is 1.04. The SMILES string of the molecule is CC(O)C(C)N1CCCCS1(=O)=O. The second-order valence-electron chi connectivity index (χ2n) is 3.62. The average Bonchev–Trinajstić information content (AvgIpc) is 2.02. The van der Waals surface area contributed by atoms with Crippen molar-refractivity contribution in [2.24, 2.45) is 0 Å². The van der Waals surface area contributed by atoms with Crippen molar-refractivity contribution < 1.29 is 13.5 Å². The van der Waals surface area contributed by atoms with E-state index in [4.69, 9.17) is 0 Å². The molecule has 0 aliphatic carbocycles. The van der Waals surface area contributed by atoms with Crippen LogP contribution in [-0.4, -0.2) is 42.3 Å². The van der Waals surface area contributed by atoms with E-state index in [2.05, 4.69) is 0 Å². The first-order valence-corrected chi connectivity index (χ1v) is 6.23. The zero-order chi connectivity index (χ0) is 10.1. The zero-order valence-corrected chi connectivity index (χ0v) is 8.92. The Balaban J connectivity index is 2.77. The van der Waals surface area contributed by atoms with Gasteiger partial charge >= 0.3 is 0 Å². The first-order chi connectivity index (χ1) is 5.95. The highest BCUT2D eigenvalue weighted by molar-refractivity contribution is 7.89. The van der Waals surface area contributed by atoms with Crippen molar-refractivity contribution >= 4 is 10.0 Å². The highest BCUT2D eigenvalue weighted by atomic mass is 32.2. The van der Waals surface area contributed by atoms with E-state index in [0.29, 0.717) is 6.54 Å². The lowest BCUT2D eigenvalue weighted by Crippen LogP contribution is -2.47. The van der Waals surface area contributed by atoms with Crippen molar-refractivity contribution in [1.82, 2.24) is 4.31 Å². The predicted molar refractivity (Wildman–Crippen MR) is 50.9 cm³/mol. The number of aliphatic hydroxyl groups excluding tert-OH is 1. The van der Waals surface area contributed by atoms with Gasteiger partial charge in [0.05, 0.1) is 11.9 Å². The quantitative estimate of drug-likeness (QED) is 0.703. The summed E-state index contributed by atoms with van der Waals surface area (Å²) in [5, 5.41) is 9.30. The molecule has 0 aromatic carbocycles. The summed E-state index contributed by atoms with van der Waals surface area (Å²) >= 11 is 0. The van der Waals surface area contributed by atoms with Gasteiger partial charge in [-0.15, -0.1) is 0 Å². The molecular weight excluding hydrogens is 190 g/mol. The van der Waals surface area contributed by atoms with Crippen LogP contribution in [0.4, 0.5) is 0 Å². The minimum Gasteiger partial charge on any atom is -0.392 e. The first-order valence-electron chi connectivity index (χ1n) is 4.63. The van der Waals surface area contributed by atoms with Crippen LogP contribution in [-0.2, 0) is 10.0 Å². The van der Waals surface area contributed by atoms with Crippen LogP contribution in [0.3, 0.4) is 0 Å². The Kier molecular flexibility index (Phi) is 3.32. The van der Waals surface area contributed by atoms with E-state index in [0.717, 1.165) is 12.8 Å². The molecule has 2 atom stereocenters. The first kappa shape index (κ1) is 10.9. The van der Waals surface area contributed by atoms with E-state index in [-0.39, 0.29) is 11.8 Å². The predicted octanol–water partition coefficient (Wildman–Crippen LogP) is 0.181. The summed E-state index contributed by atoms with van der Waals surface area (Å²) in [5.41, 5.74) is 0. The smallest absolute Gasteiger partial charge is 0.214 e. The van der Waals surface area contributed by atoms with Gasteiger partial charge in [0.1, 0.15) is 0 Å². The van der Waals surface area contributed by atoms with Crippen molar-refractivity contribution in [3.63, 3.8) is 0 Å². The van der Waals surface area contributed by atoms with Gasteiger partial charge in [-0.3, -0.25) is 0 Å². The van der Waals surface area contributed by atoms with Crippen molar-refractivity contribution in [2.75, 3.05) is 12.3 Å². The van der Waals surface area contributed by atoms with Gasteiger partial charge in [-0.2, -0.15) is 4.31 Å². The normalized spacial score (nSPS) is 28.2. The van der Waals surface area contributed by atoms with Crippen molar-refractivity contribution in [2.45, 2.75) is 38.8 Å². The Morgan fingerprint density at radius 1 is 1.31 bits per heavy atom. The number of sulfonamides is 1. The fraction of sp³-hybridized carbons (Fsp3) is 1.00. The fourth-order valence-electron chi connectivity index (χ4n) is 1.51. The Labute approximate surface area is 79.6 Å². The maximum Gasteiger partial charge on any atom is 0.214 e. The molecule has 2 unspecified atom stereocenters. The van der Waals surface area contributed by atoms with Gasteiger partial charge in [-0.05, 0) is 26.7 Å². The van der Waals surface area contributed by atoms with Gasteiger partial charge in [0, 0.05) is 12.6 Å². The van der Waals surface area contributed by atoms with Crippen LogP contribution in [0.2, 0.25) is 0 Å². The van der Waals surface area contributed by atoms with Crippen LogP contribution >= 0.6 is 0 Å². The third kappa shape index (κ3) is 2.42. The number of rotatable bonds is 2. The van der Waals surface area contributed by atoms with Gasteiger partial charge in [0.2, 0.25) is 10.0 Å². The molecule has 78 valence electrons. The number of hydrogen-bond acceptors (Lipinski definition) is 3. The lowest BCUT2D eigenvalue weighted by Gasteiger charge is -2.32. The molecule has 5 heteroatoms. The molecule has 0 amide bonds. The molecule has 1 rings (SSSR count). The van der Waals surface area contributed by atoms with E-state index in [9.17, 15) is 13.5 Å². The Hall–Kier alpha value is -0.130. The number of aliphatic hydroxyl groups is 1. The topological polar surface area (TPSA) is 57.6 Å². The minimum absolute atomic E-state index is 0.226. The van der Waals surface area contributed by atoms with Gasteiger partial charge in [-0.25, -0.2) is 8.42 Å². The lowest BCUT2D eigenvalue weighted by atomic mass is 10.2. The zero-order valence-electron chi connectivity index (χ0n) is 8.10. The lowest BCUT2D eigenvalue weighted by molar-refractivity contribution is 0.111. The Morgan fingerprint density at radius 2 is 1.92 bits per heavy atom. The molecule has 0 radical (unpaired) electrons. The molecule has 0 spiro atoms. The van der Waals surface area contributed by atoms with Gasteiger partial charge in [-0.1, -0.05) is 0 Å². The largest absolute Gasteiger partial charge is 0.392 e. The summed E-state index contributed by atoms with van der Waals surface area (Å²) in [4.78, 5) is 0. The maximum atomic E-state index is 11.5. The van der Waals surface area contributed by atoms with E-state index in [1.54, 1.807) is 13.8 Å². The average molecular weight is 207 g/mol. The molecule has 0 aromatic rings. The van der Waals surface area contributed by atoms with Crippen LogP contribution in [0.25, 0.3) is 0 Å². The van der Waals surface area contributed by atoms with Crippen LogP contribution in [0.1, 0.15) is 26.7 Å². The van der Waals surface area contributed by atoms with Crippen LogP contribution in [0.15, 0.2) is 0 Å². The molecule has 1 aliphatic heterocycles. The summed E-state index contributed by atoms with van der Waals surface area (Å²) in [7, 11) is -3.09. The summed E-state index contributed by atoms with van der Waals surface area (Å²) in [5.74, 6) is 0.226. The monoisotopic (exact) mass is 207 g/mol. The molecule has 4 nitrogen and oxygen atoms in total. The number of hydrogen-bond donors (Lipinski definition) is 1. The summed E-state index contributed by atoms with van der Waals surface area (Å²) < 4.78 is 24.5.